The van der Waals surface area contributed by atoms with E-state index >= 15 is 0 Å². The van der Waals surface area contributed by atoms with Gasteiger partial charge in [-0.15, -0.1) is 0 Å². The normalized spacial score (nSPS) is 19.3. The lowest BCUT2D eigenvalue weighted by Crippen LogP contribution is -2.38. The Bertz CT molecular complexity index is 711. The summed E-state index contributed by atoms with van der Waals surface area (Å²) in [6, 6.07) is 5.25. The van der Waals surface area contributed by atoms with Gasteiger partial charge in [0.05, 0.1) is 18.4 Å². The molecule has 0 radical (unpaired) electrons. The average molecular weight is 317 g/mol. The Labute approximate surface area is 136 Å². The van der Waals surface area contributed by atoms with Crippen molar-refractivity contribution in [1.29, 1.82) is 0 Å². The van der Waals surface area contributed by atoms with Gasteiger partial charge in [-0.1, -0.05) is 12.1 Å². The third-order valence-corrected chi connectivity index (χ3v) is 4.74. The molecule has 2 heterocycles. The van der Waals surface area contributed by atoms with Gasteiger partial charge < -0.3 is 4.74 Å². The molecule has 0 bridgehead atoms. The maximum absolute atomic E-state index is 13.5. The van der Waals surface area contributed by atoms with Gasteiger partial charge in [0, 0.05) is 37.9 Å². The third-order valence-electron chi connectivity index (χ3n) is 4.74. The van der Waals surface area contributed by atoms with Crippen molar-refractivity contribution in [2.24, 2.45) is 7.05 Å². The predicted molar refractivity (Wildman–Crippen MR) is 87.8 cm³/mol. The minimum absolute atomic E-state index is 0.000309. The average Bonchev–Trinajstić information content (AvgIpc) is 2.77. The minimum Gasteiger partial charge on any atom is -0.371 e. The van der Waals surface area contributed by atoms with Crippen LogP contribution in [0.5, 0.6) is 0 Å². The maximum atomic E-state index is 13.5. The molecule has 0 aliphatic carbocycles. The first-order valence-corrected chi connectivity index (χ1v) is 8.04. The second-order valence-electron chi connectivity index (χ2n) is 6.38. The summed E-state index contributed by atoms with van der Waals surface area (Å²) in [5, 5.41) is 4.49. The van der Waals surface area contributed by atoms with E-state index in [4.69, 9.17) is 4.74 Å². The number of aryl methyl sites for hydroxylation is 3. The number of benzene rings is 1. The zero-order valence-corrected chi connectivity index (χ0v) is 14.3. The molecule has 1 unspecified atom stereocenters. The minimum atomic E-state index is -0.164. The topological polar surface area (TPSA) is 30.3 Å². The molecule has 2 aromatic rings. The molecule has 5 heteroatoms. The van der Waals surface area contributed by atoms with Crippen molar-refractivity contribution in [3.05, 3.63) is 52.1 Å². The van der Waals surface area contributed by atoms with Gasteiger partial charge in [0.15, 0.2) is 0 Å². The Morgan fingerprint density at radius 1 is 1.30 bits per heavy atom. The Kier molecular flexibility index (Phi) is 4.50. The van der Waals surface area contributed by atoms with E-state index in [2.05, 4.69) is 23.8 Å². The van der Waals surface area contributed by atoms with Crippen LogP contribution in [0, 0.1) is 26.6 Å². The van der Waals surface area contributed by atoms with E-state index in [1.165, 1.54) is 17.3 Å². The summed E-state index contributed by atoms with van der Waals surface area (Å²) in [7, 11) is 1.98. The summed E-state index contributed by atoms with van der Waals surface area (Å²) in [5.74, 6) is -0.164. The van der Waals surface area contributed by atoms with Gasteiger partial charge in [0.25, 0.3) is 0 Å². The molecule has 0 amide bonds. The molecule has 1 saturated heterocycles. The van der Waals surface area contributed by atoms with Gasteiger partial charge in [-0.2, -0.15) is 5.10 Å². The van der Waals surface area contributed by atoms with E-state index in [9.17, 15) is 4.39 Å². The van der Waals surface area contributed by atoms with Gasteiger partial charge in [-0.25, -0.2) is 4.39 Å². The van der Waals surface area contributed by atoms with E-state index in [1.807, 2.05) is 23.9 Å². The first kappa shape index (κ1) is 16.1. The lowest BCUT2D eigenvalue weighted by atomic mass is 10.0. The quantitative estimate of drug-likeness (QED) is 0.871. The Balaban J connectivity index is 1.74. The summed E-state index contributed by atoms with van der Waals surface area (Å²) in [5.41, 5.74) is 5.31. The van der Waals surface area contributed by atoms with Crippen LogP contribution in [0.3, 0.4) is 0 Å². The van der Waals surface area contributed by atoms with Crippen LogP contribution < -0.4 is 0 Å². The highest BCUT2D eigenvalue weighted by atomic mass is 19.1. The summed E-state index contributed by atoms with van der Waals surface area (Å²) in [4.78, 5) is 2.39. The van der Waals surface area contributed by atoms with Crippen LogP contribution in [0.25, 0.3) is 0 Å². The summed E-state index contributed by atoms with van der Waals surface area (Å²) in [6.45, 7) is 9.26. The number of rotatable bonds is 3. The van der Waals surface area contributed by atoms with E-state index in [0.717, 1.165) is 30.9 Å². The van der Waals surface area contributed by atoms with Crippen LogP contribution in [0.1, 0.15) is 34.2 Å². The zero-order chi connectivity index (χ0) is 16.6. The molecule has 1 aromatic carbocycles. The molecule has 1 aromatic heterocycles. The van der Waals surface area contributed by atoms with E-state index in [-0.39, 0.29) is 11.9 Å². The molecule has 3 rings (SSSR count). The molecule has 0 saturated carbocycles. The number of hydrogen-bond acceptors (Lipinski definition) is 3. The number of morpholine rings is 1. The zero-order valence-electron chi connectivity index (χ0n) is 14.3. The first-order chi connectivity index (χ1) is 11.0. The third kappa shape index (κ3) is 3.31. The number of aromatic nitrogens is 2. The molecule has 1 fully saturated rings. The highest BCUT2D eigenvalue weighted by molar-refractivity contribution is 5.27. The van der Waals surface area contributed by atoms with Crippen molar-refractivity contribution < 1.29 is 9.13 Å². The predicted octanol–water partition coefficient (Wildman–Crippen LogP) is 3.06. The van der Waals surface area contributed by atoms with Crippen LogP contribution in [-0.2, 0) is 18.3 Å². The number of halogens is 1. The molecular formula is C18H24FN3O. The van der Waals surface area contributed by atoms with Crippen LogP contribution in [0.15, 0.2) is 18.2 Å². The van der Waals surface area contributed by atoms with Crippen molar-refractivity contribution >= 4 is 0 Å². The van der Waals surface area contributed by atoms with Gasteiger partial charge in [0.1, 0.15) is 5.82 Å². The molecule has 1 aliphatic heterocycles. The fraction of sp³-hybridized carbons (Fsp3) is 0.500. The highest BCUT2D eigenvalue weighted by Crippen LogP contribution is 2.25. The highest BCUT2D eigenvalue weighted by Gasteiger charge is 2.24. The molecule has 124 valence electrons. The second kappa shape index (κ2) is 6.42. The molecule has 1 atom stereocenters. The number of nitrogens with zero attached hydrogens (tertiary/aromatic N) is 3. The maximum Gasteiger partial charge on any atom is 0.126 e. The molecule has 1 aliphatic rings. The van der Waals surface area contributed by atoms with Crippen LogP contribution in [0.2, 0.25) is 0 Å². The summed E-state index contributed by atoms with van der Waals surface area (Å²) < 4.78 is 21.3. The van der Waals surface area contributed by atoms with Crippen LogP contribution in [-0.4, -0.2) is 34.4 Å². The van der Waals surface area contributed by atoms with E-state index in [0.29, 0.717) is 12.2 Å². The van der Waals surface area contributed by atoms with Crippen molar-refractivity contribution in [3.63, 3.8) is 0 Å². The fourth-order valence-corrected chi connectivity index (χ4v) is 3.19. The SMILES string of the molecule is Cc1cc(C2CN(Cc3c(C)nn(C)c3C)CCO2)ccc1F. The van der Waals surface area contributed by atoms with Crippen molar-refractivity contribution in [1.82, 2.24) is 14.7 Å². The number of hydrogen-bond donors (Lipinski definition) is 0. The smallest absolute Gasteiger partial charge is 0.126 e. The number of ether oxygens (including phenoxy) is 1. The van der Waals surface area contributed by atoms with Gasteiger partial charge in [-0.05, 0) is 38.0 Å². The van der Waals surface area contributed by atoms with Gasteiger partial charge >= 0.3 is 0 Å². The first-order valence-electron chi connectivity index (χ1n) is 8.04. The van der Waals surface area contributed by atoms with Crippen molar-refractivity contribution in [3.8, 4) is 0 Å². The van der Waals surface area contributed by atoms with Gasteiger partial charge in [-0.3, -0.25) is 9.58 Å². The summed E-state index contributed by atoms with van der Waals surface area (Å²) in [6.07, 6.45) is 0.000309. The monoisotopic (exact) mass is 317 g/mol. The molecule has 0 N–H and O–H groups in total. The second-order valence-corrected chi connectivity index (χ2v) is 6.38. The van der Waals surface area contributed by atoms with Crippen LogP contribution in [0.4, 0.5) is 4.39 Å². The Morgan fingerprint density at radius 3 is 2.74 bits per heavy atom. The molecule has 4 nitrogen and oxygen atoms in total. The Morgan fingerprint density at radius 2 is 2.09 bits per heavy atom. The molecule has 0 spiro atoms. The lowest BCUT2D eigenvalue weighted by Gasteiger charge is -2.33. The molecule has 23 heavy (non-hydrogen) atoms. The van der Waals surface area contributed by atoms with E-state index < -0.39 is 0 Å². The van der Waals surface area contributed by atoms with Crippen LogP contribution >= 0.6 is 0 Å². The Hall–Kier alpha value is -1.72. The standard InChI is InChI=1S/C18H24FN3O/c1-12-9-15(5-6-17(12)19)18-11-22(7-8-23-18)10-16-13(2)20-21(4)14(16)3/h5-6,9,18H,7-8,10-11H2,1-4H3. The summed E-state index contributed by atoms with van der Waals surface area (Å²) >= 11 is 0. The lowest BCUT2D eigenvalue weighted by molar-refractivity contribution is -0.0330. The van der Waals surface area contributed by atoms with E-state index in [1.54, 1.807) is 6.92 Å². The van der Waals surface area contributed by atoms with Crippen molar-refractivity contribution in [2.45, 2.75) is 33.4 Å². The van der Waals surface area contributed by atoms with Crippen molar-refractivity contribution in [2.75, 3.05) is 19.7 Å². The van der Waals surface area contributed by atoms with Gasteiger partial charge in [0.2, 0.25) is 0 Å². The molecular weight excluding hydrogens is 293 g/mol. The fourth-order valence-electron chi connectivity index (χ4n) is 3.19. The largest absolute Gasteiger partial charge is 0.371 e.